The number of likely N-dealkylation sites (tertiary alicyclic amines) is 1. The van der Waals surface area contributed by atoms with Gasteiger partial charge in [0.2, 0.25) is 0 Å². The van der Waals surface area contributed by atoms with E-state index >= 15 is 0 Å². The summed E-state index contributed by atoms with van der Waals surface area (Å²) in [5.74, 6) is 0.419. The van der Waals surface area contributed by atoms with E-state index in [1.54, 1.807) is 26.6 Å². The monoisotopic (exact) mass is 356 g/mol. The minimum atomic E-state index is -0.705. The topological polar surface area (TPSA) is 71.9 Å². The molecular formula is C20H24N2O4. The maximum Gasteiger partial charge on any atom is 0.306 e. The first-order chi connectivity index (χ1) is 12.7. The van der Waals surface area contributed by atoms with Crippen molar-refractivity contribution in [1.82, 2.24) is 9.88 Å². The van der Waals surface area contributed by atoms with Gasteiger partial charge in [0.1, 0.15) is 0 Å². The number of carboxylic acid groups (broad SMARTS) is 1. The third-order valence-corrected chi connectivity index (χ3v) is 4.99. The smallest absolute Gasteiger partial charge is 0.306 e. The number of methoxy groups -OCH3 is 2. The number of para-hydroxylation sites is 1. The van der Waals surface area contributed by atoms with E-state index in [-0.39, 0.29) is 12.0 Å². The van der Waals surface area contributed by atoms with Crippen LogP contribution in [-0.4, -0.2) is 48.3 Å². The van der Waals surface area contributed by atoms with Gasteiger partial charge in [0, 0.05) is 18.0 Å². The van der Waals surface area contributed by atoms with Crippen LogP contribution in [0.25, 0.3) is 0 Å². The minimum absolute atomic E-state index is 0.0437. The van der Waals surface area contributed by atoms with Crippen LogP contribution < -0.4 is 9.47 Å². The molecule has 138 valence electrons. The molecule has 1 aliphatic rings. The number of hydrogen-bond donors (Lipinski definition) is 1. The second-order valence-electron chi connectivity index (χ2n) is 6.41. The molecule has 2 heterocycles. The van der Waals surface area contributed by atoms with Gasteiger partial charge < -0.3 is 14.6 Å². The van der Waals surface area contributed by atoms with Crippen molar-refractivity contribution in [2.45, 2.75) is 18.9 Å². The number of pyridine rings is 1. The van der Waals surface area contributed by atoms with Gasteiger partial charge in [-0.1, -0.05) is 12.1 Å². The Hall–Kier alpha value is -2.60. The molecule has 0 spiro atoms. The predicted molar refractivity (Wildman–Crippen MR) is 97.6 cm³/mol. The lowest BCUT2D eigenvalue weighted by Gasteiger charge is -2.37. The van der Waals surface area contributed by atoms with Crippen LogP contribution in [0.1, 0.15) is 30.0 Å². The van der Waals surface area contributed by atoms with Gasteiger partial charge in [-0.2, -0.15) is 0 Å². The van der Waals surface area contributed by atoms with E-state index in [1.807, 2.05) is 30.3 Å². The molecule has 1 aliphatic heterocycles. The van der Waals surface area contributed by atoms with Gasteiger partial charge in [0.25, 0.3) is 0 Å². The number of nitrogens with zero attached hydrogens (tertiary/aromatic N) is 2. The standard InChI is InChI=1S/C20H24N2O4/c1-25-17-5-3-4-16(19(17)26-2)18(14-6-10-21-11-7-14)22-12-8-15(9-13-22)20(23)24/h3-7,10-11,15,18H,8-9,12-13H2,1-2H3,(H,23,24). The second kappa shape index (κ2) is 8.19. The molecule has 6 nitrogen and oxygen atoms in total. The second-order valence-corrected chi connectivity index (χ2v) is 6.41. The number of aromatic nitrogens is 1. The van der Waals surface area contributed by atoms with Crippen molar-refractivity contribution in [3.8, 4) is 11.5 Å². The van der Waals surface area contributed by atoms with Crippen LogP contribution in [0, 0.1) is 5.92 Å². The van der Waals surface area contributed by atoms with E-state index in [9.17, 15) is 9.90 Å². The van der Waals surface area contributed by atoms with Gasteiger partial charge in [-0.25, -0.2) is 0 Å². The maximum absolute atomic E-state index is 11.3. The SMILES string of the molecule is COc1cccc(C(c2ccncc2)N2CCC(C(=O)O)CC2)c1OC. The van der Waals surface area contributed by atoms with Crippen LogP contribution in [0.3, 0.4) is 0 Å². The van der Waals surface area contributed by atoms with Crippen LogP contribution in [-0.2, 0) is 4.79 Å². The Morgan fingerprint density at radius 2 is 1.85 bits per heavy atom. The summed E-state index contributed by atoms with van der Waals surface area (Å²) in [6.07, 6.45) is 4.84. The molecule has 26 heavy (non-hydrogen) atoms. The van der Waals surface area contributed by atoms with Gasteiger partial charge in [0.15, 0.2) is 11.5 Å². The van der Waals surface area contributed by atoms with E-state index in [0.717, 1.165) is 11.1 Å². The molecule has 3 rings (SSSR count). The summed E-state index contributed by atoms with van der Waals surface area (Å²) in [5.41, 5.74) is 2.10. The van der Waals surface area contributed by atoms with Crippen LogP contribution in [0.4, 0.5) is 0 Å². The number of rotatable bonds is 6. The maximum atomic E-state index is 11.3. The first-order valence-corrected chi connectivity index (χ1v) is 8.73. The first-order valence-electron chi connectivity index (χ1n) is 8.73. The fourth-order valence-electron chi connectivity index (χ4n) is 3.66. The lowest BCUT2D eigenvalue weighted by Crippen LogP contribution is -2.39. The summed E-state index contributed by atoms with van der Waals surface area (Å²) in [6, 6.07) is 9.81. The Labute approximate surface area is 153 Å². The highest BCUT2D eigenvalue weighted by molar-refractivity contribution is 5.70. The molecule has 1 saturated heterocycles. The van der Waals surface area contributed by atoms with E-state index in [1.165, 1.54) is 0 Å². The van der Waals surface area contributed by atoms with Gasteiger partial charge in [-0.3, -0.25) is 14.7 Å². The molecule has 0 radical (unpaired) electrons. The number of ether oxygens (including phenoxy) is 2. The third-order valence-electron chi connectivity index (χ3n) is 4.99. The lowest BCUT2D eigenvalue weighted by molar-refractivity contribution is -0.143. The quantitative estimate of drug-likeness (QED) is 0.858. The summed E-state index contributed by atoms with van der Waals surface area (Å²) >= 11 is 0. The molecule has 0 aliphatic carbocycles. The fraction of sp³-hybridized carbons (Fsp3) is 0.400. The highest BCUT2D eigenvalue weighted by Crippen LogP contribution is 2.41. The summed E-state index contributed by atoms with van der Waals surface area (Å²) in [6.45, 7) is 1.43. The fourth-order valence-corrected chi connectivity index (χ4v) is 3.66. The Morgan fingerprint density at radius 3 is 2.42 bits per heavy atom. The summed E-state index contributed by atoms with van der Waals surface area (Å²) in [5, 5.41) is 9.28. The zero-order chi connectivity index (χ0) is 18.5. The number of benzene rings is 1. The average Bonchev–Trinajstić information content (AvgIpc) is 2.69. The van der Waals surface area contributed by atoms with Crippen molar-refractivity contribution in [2.24, 2.45) is 5.92 Å². The van der Waals surface area contributed by atoms with E-state index in [4.69, 9.17) is 9.47 Å². The highest BCUT2D eigenvalue weighted by Gasteiger charge is 2.32. The number of piperidine rings is 1. The van der Waals surface area contributed by atoms with Gasteiger partial charge >= 0.3 is 5.97 Å². The van der Waals surface area contributed by atoms with Crippen molar-refractivity contribution in [1.29, 1.82) is 0 Å². The molecule has 1 aromatic heterocycles. The number of aliphatic carboxylic acids is 1. The molecule has 0 amide bonds. The first kappa shape index (κ1) is 18.2. The normalized spacial score (nSPS) is 16.8. The minimum Gasteiger partial charge on any atom is -0.493 e. The molecular weight excluding hydrogens is 332 g/mol. The van der Waals surface area contributed by atoms with Gasteiger partial charge in [0.05, 0.1) is 26.2 Å². The molecule has 2 aromatic rings. The Kier molecular flexibility index (Phi) is 5.73. The molecule has 6 heteroatoms. The van der Waals surface area contributed by atoms with Crippen LogP contribution in [0.2, 0.25) is 0 Å². The van der Waals surface area contributed by atoms with Crippen molar-refractivity contribution in [3.05, 3.63) is 53.9 Å². The molecule has 0 saturated carbocycles. The summed E-state index contributed by atoms with van der Waals surface area (Å²) < 4.78 is 11.1. The largest absolute Gasteiger partial charge is 0.493 e. The van der Waals surface area contributed by atoms with Crippen molar-refractivity contribution >= 4 is 5.97 Å². The third kappa shape index (κ3) is 3.65. The zero-order valence-corrected chi connectivity index (χ0v) is 15.1. The van der Waals surface area contributed by atoms with Crippen LogP contribution in [0.15, 0.2) is 42.7 Å². The molecule has 1 unspecified atom stereocenters. The van der Waals surface area contributed by atoms with Crippen LogP contribution >= 0.6 is 0 Å². The zero-order valence-electron chi connectivity index (χ0n) is 15.1. The molecule has 1 fully saturated rings. The van der Waals surface area contributed by atoms with Crippen molar-refractivity contribution < 1.29 is 19.4 Å². The number of carbonyl (C=O) groups is 1. The summed E-state index contributed by atoms with van der Waals surface area (Å²) in [4.78, 5) is 17.7. The van der Waals surface area contributed by atoms with E-state index < -0.39 is 5.97 Å². The summed E-state index contributed by atoms with van der Waals surface area (Å²) in [7, 11) is 3.27. The molecule has 0 bridgehead atoms. The molecule has 1 N–H and O–H groups in total. The van der Waals surface area contributed by atoms with Crippen molar-refractivity contribution in [3.63, 3.8) is 0 Å². The Morgan fingerprint density at radius 1 is 1.15 bits per heavy atom. The number of carboxylic acids is 1. The van der Waals surface area contributed by atoms with Gasteiger partial charge in [-0.05, 0) is 49.7 Å². The average molecular weight is 356 g/mol. The molecule has 1 atom stereocenters. The number of hydrogen-bond acceptors (Lipinski definition) is 5. The van der Waals surface area contributed by atoms with E-state index in [2.05, 4.69) is 9.88 Å². The lowest BCUT2D eigenvalue weighted by atomic mass is 9.91. The van der Waals surface area contributed by atoms with Gasteiger partial charge in [-0.15, -0.1) is 0 Å². The van der Waals surface area contributed by atoms with Crippen LogP contribution in [0.5, 0.6) is 11.5 Å². The van der Waals surface area contributed by atoms with E-state index in [0.29, 0.717) is 37.4 Å². The molecule has 1 aromatic carbocycles. The Balaban J connectivity index is 2.00. The Bertz CT molecular complexity index is 743. The highest BCUT2D eigenvalue weighted by atomic mass is 16.5. The predicted octanol–water partition coefficient (Wildman–Crippen LogP) is 2.98. The van der Waals surface area contributed by atoms with Crippen molar-refractivity contribution in [2.75, 3.05) is 27.3 Å².